The van der Waals surface area contributed by atoms with Gasteiger partial charge in [0.15, 0.2) is 11.6 Å². The number of aromatic nitrogens is 2. The summed E-state index contributed by atoms with van der Waals surface area (Å²) in [5.74, 6) is -2.37. The van der Waals surface area contributed by atoms with E-state index in [0.717, 1.165) is 12.1 Å². The molecule has 0 unspecified atom stereocenters. The number of amides is 1. The minimum absolute atomic E-state index is 0.148. The largest absolute Gasteiger partial charge is 0.479 e. The van der Waals surface area contributed by atoms with Crippen LogP contribution in [0.4, 0.5) is 14.5 Å². The number of ether oxygens (including phenoxy) is 1. The van der Waals surface area contributed by atoms with Crippen molar-refractivity contribution in [3.05, 3.63) is 41.6 Å². The third kappa shape index (κ3) is 2.70. The third-order valence-electron chi connectivity index (χ3n) is 2.41. The number of carbonyl (C=O) groups excluding carboxylic acids is 1. The van der Waals surface area contributed by atoms with Gasteiger partial charge in [-0.3, -0.25) is 9.48 Å². The lowest BCUT2D eigenvalue weighted by atomic mass is 10.2. The molecule has 1 amide bonds. The lowest BCUT2D eigenvalue weighted by Gasteiger charge is -2.05. The van der Waals surface area contributed by atoms with Crippen molar-refractivity contribution in [1.82, 2.24) is 9.78 Å². The molecule has 1 heterocycles. The van der Waals surface area contributed by atoms with Gasteiger partial charge in [0, 0.05) is 25.0 Å². The number of aryl methyl sites for hydroxylation is 1. The molecule has 0 bridgehead atoms. The van der Waals surface area contributed by atoms with Gasteiger partial charge in [0.05, 0.1) is 7.11 Å². The Bertz CT molecular complexity index is 625. The molecule has 2 rings (SSSR count). The van der Waals surface area contributed by atoms with Crippen LogP contribution in [0.15, 0.2) is 24.4 Å². The molecule has 100 valence electrons. The van der Waals surface area contributed by atoms with E-state index in [1.54, 1.807) is 7.05 Å². The van der Waals surface area contributed by atoms with Crippen LogP contribution in [0.25, 0.3) is 0 Å². The van der Waals surface area contributed by atoms with Crippen molar-refractivity contribution in [3.8, 4) is 5.88 Å². The SMILES string of the molecule is COc1nn(C)cc1C(=O)Nc1ccc(F)c(F)c1. The van der Waals surface area contributed by atoms with Gasteiger partial charge >= 0.3 is 0 Å². The van der Waals surface area contributed by atoms with Crippen molar-refractivity contribution in [1.29, 1.82) is 0 Å². The fourth-order valence-corrected chi connectivity index (χ4v) is 1.55. The first-order chi connectivity index (χ1) is 9.01. The molecular formula is C12H11F2N3O2. The van der Waals surface area contributed by atoms with Gasteiger partial charge in [0.2, 0.25) is 5.88 Å². The maximum absolute atomic E-state index is 13.0. The summed E-state index contributed by atoms with van der Waals surface area (Å²) in [6.07, 6.45) is 1.47. The Kier molecular flexibility index (Phi) is 3.46. The number of nitrogens with one attached hydrogen (secondary N) is 1. The molecule has 0 radical (unpaired) electrons. The fourth-order valence-electron chi connectivity index (χ4n) is 1.55. The molecule has 0 fully saturated rings. The molecule has 7 heteroatoms. The normalized spacial score (nSPS) is 10.3. The molecule has 0 spiro atoms. The Labute approximate surface area is 107 Å². The van der Waals surface area contributed by atoms with E-state index in [4.69, 9.17) is 4.74 Å². The molecule has 0 aliphatic heterocycles. The number of carbonyl (C=O) groups is 1. The van der Waals surface area contributed by atoms with Crippen LogP contribution < -0.4 is 10.1 Å². The molecule has 19 heavy (non-hydrogen) atoms. The number of methoxy groups -OCH3 is 1. The summed E-state index contributed by atoms with van der Waals surface area (Å²) in [4.78, 5) is 11.9. The quantitative estimate of drug-likeness (QED) is 0.924. The number of nitrogens with zero attached hydrogens (tertiary/aromatic N) is 2. The van der Waals surface area contributed by atoms with Crippen LogP contribution in [0.1, 0.15) is 10.4 Å². The predicted octanol–water partition coefficient (Wildman–Crippen LogP) is 1.96. The van der Waals surface area contributed by atoms with E-state index in [2.05, 4.69) is 10.4 Å². The zero-order valence-electron chi connectivity index (χ0n) is 10.3. The summed E-state index contributed by atoms with van der Waals surface area (Å²) in [5.41, 5.74) is 0.351. The highest BCUT2D eigenvalue weighted by Crippen LogP contribution is 2.18. The standard InChI is InChI=1S/C12H11F2N3O2/c1-17-6-8(12(16-17)19-2)11(18)15-7-3-4-9(13)10(14)5-7/h3-6H,1-2H3,(H,15,18). The van der Waals surface area contributed by atoms with Crippen LogP contribution in [-0.4, -0.2) is 22.8 Å². The number of hydrogen-bond donors (Lipinski definition) is 1. The van der Waals surface area contributed by atoms with E-state index >= 15 is 0 Å². The second kappa shape index (κ2) is 5.05. The molecule has 0 saturated heterocycles. The number of rotatable bonds is 3. The Morgan fingerprint density at radius 2 is 2.11 bits per heavy atom. The summed E-state index contributed by atoms with van der Waals surface area (Å²) in [6, 6.07) is 3.10. The van der Waals surface area contributed by atoms with Crippen LogP contribution in [0.3, 0.4) is 0 Å². The first-order valence-corrected chi connectivity index (χ1v) is 5.35. The van der Waals surface area contributed by atoms with Crippen LogP contribution in [0.2, 0.25) is 0 Å². The highest BCUT2D eigenvalue weighted by Gasteiger charge is 2.16. The van der Waals surface area contributed by atoms with E-state index in [9.17, 15) is 13.6 Å². The monoisotopic (exact) mass is 267 g/mol. The minimum atomic E-state index is -1.03. The van der Waals surface area contributed by atoms with E-state index < -0.39 is 17.5 Å². The fraction of sp³-hybridized carbons (Fsp3) is 0.167. The van der Waals surface area contributed by atoms with Crippen molar-refractivity contribution in [3.63, 3.8) is 0 Å². The Morgan fingerprint density at radius 1 is 1.37 bits per heavy atom. The molecule has 0 atom stereocenters. The van der Waals surface area contributed by atoms with E-state index in [0.29, 0.717) is 0 Å². The highest BCUT2D eigenvalue weighted by atomic mass is 19.2. The lowest BCUT2D eigenvalue weighted by Crippen LogP contribution is -2.12. The Balaban J connectivity index is 2.22. The Morgan fingerprint density at radius 3 is 2.74 bits per heavy atom. The lowest BCUT2D eigenvalue weighted by molar-refractivity contribution is 0.102. The molecule has 0 aliphatic rings. The van der Waals surface area contributed by atoms with Crippen LogP contribution in [-0.2, 0) is 7.05 Å². The van der Waals surface area contributed by atoms with Gasteiger partial charge in [-0.2, -0.15) is 0 Å². The number of halogens is 2. The predicted molar refractivity (Wildman–Crippen MR) is 64.1 cm³/mol. The average molecular weight is 267 g/mol. The average Bonchev–Trinajstić information content (AvgIpc) is 2.75. The maximum Gasteiger partial charge on any atom is 0.262 e. The zero-order chi connectivity index (χ0) is 14.0. The molecule has 0 aliphatic carbocycles. The molecule has 1 aromatic heterocycles. The van der Waals surface area contributed by atoms with E-state index in [1.807, 2.05) is 0 Å². The van der Waals surface area contributed by atoms with Crippen molar-refractivity contribution in [2.75, 3.05) is 12.4 Å². The van der Waals surface area contributed by atoms with Crippen molar-refractivity contribution in [2.45, 2.75) is 0 Å². The summed E-state index contributed by atoms with van der Waals surface area (Å²) in [6.45, 7) is 0. The van der Waals surface area contributed by atoms with Crippen LogP contribution in [0, 0.1) is 11.6 Å². The van der Waals surface area contributed by atoms with Crippen molar-refractivity contribution in [2.24, 2.45) is 7.05 Å². The second-order valence-corrected chi connectivity index (χ2v) is 3.81. The molecule has 2 aromatic rings. The first kappa shape index (κ1) is 13.0. The summed E-state index contributed by atoms with van der Waals surface area (Å²) >= 11 is 0. The number of hydrogen-bond acceptors (Lipinski definition) is 3. The molecule has 0 saturated carbocycles. The smallest absolute Gasteiger partial charge is 0.262 e. The van der Waals surface area contributed by atoms with Gasteiger partial charge in [-0.25, -0.2) is 8.78 Å². The summed E-state index contributed by atoms with van der Waals surface area (Å²) in [7, 11) is 3.02. The van der Waals surface area contributed by atoms with Crippen molar-refractivity contribution >= 4 is 11.6 Å². The van der Waals surface area contributed by atoms with Crippen LogP contribution in [0.5, 0.6) is 5.88 Å². The van der Waals surface area contributed by atoms with Gasteiger partial charge in [0.25, 0.3) is 5.91 Å². The molecule has 1 N–H and O–H groups in total. The van der Waals surface area contributed by atoms with Crippen molar-refractivity contribution < 1.29 is 18.3 Å². The molecule has 5 nitrogen and oxygen atoms in total. The Hall–Kier alpha value is -2.44. The number of benzene rings is 1. The zero-order valence-corrected chi connectivity index (χ0v) is 10.3. The van der Waals surface area contributed by atoms with E-state index in [-0.39, 0.29) is 17.1 Å². The maximum atomic E-state index is 13.0. The molecule has 1 aromatic carbocycles. The first-order valence-electron chi connectivity index (χ1n) is 5.35. The third-order valence-corrected chi connectivity index (χ3v) is 2.41. The second-order valence-electron chi connectivity index (χ2n) is 3.81. The van der Waals surface area contributed by atoms with E-state index in [1.165, 1.54) is 24.1 Å². The minimum Gasteiger partial charge on any atom is -0.479 e. The van der Waals surface area contributed by atoms with Gasteiger partial charge in [-0.05, 0) is 12.1 Å². The van der Waals surface area contributed by atoms with Gasteiger partial charge in [0.1, 0.15) is 5.56 Å². The van der Waals surface area contributed by atoms with Gasteiger partial charge < -0.3 is 10.1 Å². The summed E-state index contributed by atoms with van der Waals surface area (Å²) < 4.78 is 32.1. The van der Waals surface area contributed by atoms with Gasteiger partial charge in [-0.1, -0.05) is 0 Å². The van der Waals surface area contributed by atoms with Gasteiger partial charge in [-0.15, -0.1) is 5.10 Å². The highest BCUT2D eigenvalue weighted by molar-refractivity contribution is 6.05. The van der Waals surface area contributed by atoms with Crippen LogP contribution >= 0.6 is 0 Å². The number of anilines is 1. The summed E-state index contributed by atoms with van der Waals surface area (Å²) in [5, 5.41) is 6.36. The topological polar surface area (TPSA) is 56.2 Å². The molecular weight excluding hydrogens is 256 g/mol.